The van der Waals surface area contributed by atoms with Gasteiger partial charge in [0.2, 0.25) is 5.75 Å². The highest BCUT2D eigenvalue weighted by Crippen LogP contribution is 2.42. The number of rotatable bonds is 6. The molecule has 0 N–H and O–H groups in total. The molecule has 0 aliphatic rings. The molecule has 16 heteroatoms. The van der Waals surface area contributed by atoms with Crippen molar-refractivity contribution in [3.63, 3.8) is 0 Å². The highest BCUT2D eigenvalue weighted by atomic mass is 32.2. The van der Waals surface area contributed by atoms with Gasteiger partial charge < -0.3 is 13.3 Å². The van der Waals surface area contributed by atoms with Gasteiger partial charge in [0.1, 0.15) is 16.9 Å². The van der Waals surface area contributed by atoms with Crippen LogP contribution >= 0.6 is 0 Å². The molecule has 1 aromatic heterocycles. The number of ether oxygens (including phenoxy) is 1. The van der Waals surface area contributed by atoms with Crippen LogP contribution in [0.15, 0.2) is 40.8 Å². The van der Waals surface area contributed by atoms with E-state index in [-0.39, 0.29) is 12.2 Å². The Morgan fingerprint density at radius 3 is 2.17 bits per heavy atom. The summed E-state index contributed by atoms with van der Waals surface area (Å²) < 4.78 is 114. The number of furan rings is 1. The molecule has 0 unspecified atom stereocenters. The van der Waals surface area contributed by atoms with Gasteiger partial charge in [0, 0.05) is 17.0 Å². The highest BCUT2D eigenvalue weighted by Gasteiger charge is 2.49. The first-order valence-electron chi connectivity index (χ1n) is 9.17. The first kappa shape index (κ1) is 25.8. The molecule has 9 nitrogen and oxygen atoms in total. The van der Waals surface area contributed by atoms with Crippen molar-refractivity contribution in [1.82, 2.24) is 0 Å². The Kier molecular flexibility index (Phi) is 6.45. The van der Waals surface area contributed by atoms with Gasteiger partial charge in [-0.2, -0.15) is 34.8 Å². The molecule has 0 fully saturated rings. The highest BCUT2D eigenvalue weighted by molar-refractivity contribution is 7.88. The summed E-state index contributed by atoms with van der Waals surface area (Å²) in [5, 5.41) is 10.9. The third-order valence-electron chi connectivity index (χ3n) is 4.40. The molecule has 2 aromatic carbocycles. The van der Waals surface area contributed by atoms with Gasteiger partial charge in [-0.25, -0.2) is 4.79 Å². The zero-order chi connectivity index (χ0) is 26.3. The number of nitro groups is 1. The van der Waals surface area contributed by atoms with E-state index in [2.05, 4.69) is 4.18 Å². The molecule has 0 atom stereocenters. The van der Waals surface area contributed by atoms with Gasteiger partial charge in [-0.3, -0.25) is 10.1 Å². The molecule has 35 heavy (non-hydrogen) atoms. The lowest BCUT2D eigenvalue weighted by Gasteiger charge is -2.10. The lowest BCUT2D eigenvalue weighted by atomic mass is 10.0. The second kappa shape index (κ2) is 8.75. The summed E-state index contributed by atoms with van der Waals surface area (Å²) in [7, 11) is -6.34. The maximum Gasteiger partial charge on any atom is 0.534 e. The summed E-state index contributed by atoms with van der Waals surface area (Å²) >= 11 is 0. The normalized spacial score (nSPS) is 12.5. The van der Waals surface area contributed by atoms with Crippen LogP contribution in [0.4, 0.5) is 32.0 Å². The molecular formula is C19H11F6NO8S. The molecule has 3 rings (SSSR count). The Morgan fingerprint density at radius 2 is 1.69 bits per heavy atom. The average molecular weight is 527 g/mol. The van der Waals surface area contributed by atoms with Gasteiger partial charge in [0.25, 0.3) is 0 Å². The van der Waals surface area contributed by atoms with E-state index in [1.807, 2.05) is 0 Å². The topological polar surface area (TPSA) is 126 Å². The number of fused-ring (bicyclic) bond motifs is 1. The second-order valence-electron chi connectivity index (χ2n) is 6.66. The Morgan fingerprint density at radius 1 is 1.09 bits per heavy atom. The number of esters is 1. The molecule has 0 spiro atoms. The molecule has 0 aliphatic carbocycles. The minimum Gasteiger partial charge on any atom is -0.462 e. The monoisotopic (exact) mass is 527 g/mol. The molecule has 0 amide bonds. The SMILES string of the molecule is CCOC(=O)c1c(-c2ccc(C(F)(F)F)cc2)oc2cc([N+](=O)[O-])c(OS(=O)(=O)C(F)(F)F)cc12. The predicted octanol–water partition coefficient (Wildman–Crippen LogP) is 5.43. The van der Waals surface area contributed by atoms with Crippen LogP contribution in [-0.2, 0) is 21.0 Å². The first-order chi connectivity index (χ1) is 16.1. The van der Waals surface area contributed by atoms with Gasteiger partial charge in [0.05, 0.1) is 23.2 Å². The van der Waals surface area contributed by atoms with E-state index in [9.17, 15) is 49.7 Å². The number of hydrogen-bond donors (Lipinski definition) is 0. The van der Waals surface area contributed by atoms with E-state index >= 15 is 0 Å². The van der Waals surface area contributed by atoms with Crippen molar-refractivity contribution in [2.45, 2.75) is 18.6 Å². The van der Waals surface area contributed by atoms with Crippen LogP contribution in [0.1, 0.15) is 22.8 Å². The van der Waals surface area contributed by atoms with Crippen molar-refractivity contribution in [2.75, 3.05) is 6.61 Å². The van der Waals surface area contributed by atoms with E-state index in [0.717, 1.165) is 12.1 Å². The fraction of sp³-hybridized carbons (Fsp3) is 0.211. The van der Waals surface area contributed by atoms with Crippen LogP contribution in [0, 0.1) is 10.1 Å². The minimum absolute atomic E-state index is 0.120. The lowest BCUT2D eigenvalue weighted by molar-refractivity contribution is -0.385. The van der Waals surface area contributed by atoms with Crippen LogP contribution < -0.4 is 4.18 Å². The summed E-state index contributed by atoms with van der Waals surface area (Å²) in [6, 6.07) is 4.12. The Balaban J connectivity index is 2.29. The zero-order valence-electron chi connectivity index (χ0n) is 17.1. The van der Waals surface area contributed by atoms with E-state index in [1.54, 1.807) is 0 Å². The maximum absolute atomic E-state index is 12.9. The van der Waals surface area contributed by atoms with Crippen molar-refractivity contribution >= 4 is 32.7 Å². The molecule has 0 aliphatic heterocycles. The van der Waals surface area contributed by atoms with Crippen molar-refractivity contribution < 1.29 is 57.8 Å². The van der Waals surface area contributed by atoms with E-state index in [0.29, 0.717) is 24.3 Å². The third kappa shape index (κ3) is 5.01. The Hall–Kier alpha value is -3.82. The molecule has 0 bridgehead atoms. The van der Waals surface area contributed by atoms with E-state index < -0.39 is 72.0 Å². The number of carbonyl (C=O) groups is 1. The third-order valence-corrected chi connectivity index (χ3v) is 5.37. The second-order valence-corrected chi connectivity index (χ2v) is 8.20. The summed E-state index contributed by atoms with van der Waals surface area (Å²) in [4.78, 5) is 22.7. The lowest BCUT2D eigenvalue weighted by Crippen LogP contribution is -2.28. The molecule has 0 saturated heterocycles. The maximum atomic E-state index is 12.9. The van der Waals surface area contributed by atoms with Crippen LogP contribution in [0.5, 0.6) is 5.75 Å². The molecule has 0 saturated carbocycles. The number of carbonyl (C=O) groups excluding carboxylic acids is 1. The Bertz CT molecular complexity index is 1410. The standard InChI is InChI=1S/C19H11F6NO8S/c1-2-32-17(27)15-11-7-14(34-35(30,31)19(23,24)25)12(26(28)29)8-13(11)33-16(15)9-3-5-10(6-4-9)18(20,21)22/h3-8H,2H2,1H3. The van der Waals surface area contributed by atoms with Gasteiger partial charge >= 0.3 is 33.5 Å². The molecular weight excluding hydrogens is 516 g/mol. The molecule has 3 aromatic rings. The van der Waals surface area contributed by atoms with Gasteiger partial charge in [-0.05, 0) is 19.1 Å². The van der Waals surface area contributed by atoms with E-state index in [1.165, 1.54) is 6.92 Å². The first-order valence-corrected chi connectivity index (χ1v) is 10.6. The smallest absolute Gasteiger partial charge is 0.462 e. The minimum atomic E-state index is -6.34. The fourth-order valence-corrected chi connectivity index (χ4v) is 3.37. The summed E-state index contributed by atoms with van der Waals surface area (Å²) in [5.41, 5.74) is -9.36. The van der Waals surface area contributed by atoms with E-state index in [4.69, 9.17) is 9.15 Å². The average Bonchev–Trinajstić information content (AvgIpc) is 3.10. The quantitative estimate of drug-likeness (QED) is 0.104. The van der Waals surface area contributed by atoms with Crippen LogP contribution in [-0.4, -0.2) is 31.4 Å². The van der Waals surface area contributed by atoms with Crippen LogP contribution in [0.2, 0.25) is 0 Å². The number of halogens is 6. The number of alkyl halides is 6. The van der Waals surface area contributed by atoms with Crippen molar-refractivity contribution in [1.29, 1.82) is 0 Å². The summed E-state index contributed by atoms with van der Waals surface area (Å²) in [5.74, 6) is -2.97. The molecule has 1 heterocycles. The zero-order valence-corrected chi connectivity index (χ0v) is 17.9. The molecule has 0 radical (unpaired) electrons. The largest absolute Gasteiger partial charge is 0.534 e. The number of nitro benzene ring substituents is 1. The van der Waals surface area contributed by atoms with Crippen molar-refractivity contribution in [3.05, 3.63) is 57.6 Å². The number of benzene rings is 2. The Labute approximate surface area is 191 Å². The number of hydrogen-bond acceptors (Lipinski definition) is 8. The summed E-state index contributed by atoms with van der Waals surface area (Å²) in [6.07, 6.45) is -4.69. The summed E-state index contributed by atoms with van der Waals surface area (Å²) in [6.45, 7) is 1.18. The van der Waals surface area contributed by atoms with Gasteiger partial charge in [-0.1, -0.05) is 12.1 Å². The predicted molar refractivity (Wildman–Crippen MR) is 105 cm³/mol. The van der Waals surface area contributed by atoms with Gasteiger partial charge in [0.15, 0.2) is 0 Å². The molecule has 188 valence electrons. The van der Waals surface area contributed by atoms with Crippen molar-refractivity contribution in [3.8, 4) is 17.1 Å². The van der Waals surface area contributed by atoms with Crippen molar-refractivity contribution in [2.24, 2.45) is 0 Å². The number of nitrogens with zero attached hydrogens (tertiary/aromatic N) is 1. The van der Waals surface area contributed by atoms with Crippen LogP contribution in [0.25, 0.3) is 22.3 Å². The van der Waals surface area contributed by atoms with Crippen LogP contribution in [0.3, 0.4) is 0 Å². The van der Waals surface area contributed by atoms with Gasteiger partial charge in [-0.15, -0.1) is 0 Å². The fourth-order valence-electron chi connectivity index (χ4n) is 2.91.